The lowest BCUT2D eigenvalue weighted by Crippen LogP contribution is -2.25. The highest BCUT2D eigenvalue weighted by atomic mass is 35.5. The molecule has 0 fully saturated rings. The number of benzene rings is 1. The first-order valence-corrected chi connectivity index (χ1v) is 5.32. The van der Waals surface area contributed by atoms with Gasteiger partial charge in [0.2, 0.25) is 5.91 Å². The van der Waals surface area contributed by atoms with E-state index in [0.717, 1.165) is 12.1 Å². The molecule has 0 spiro atoms. The Hall–Kier alpha value is -0.940. The predicted octanol–water partition coefficient (Wildman–Crippen LogP) is 2.99. The van der Waals surface area contributed by atoms with E-state index in [0.29, 0.717) is 5.56 Å². The smallest absolute Gasteiger partial charge is 0.368 e. The Labute approximate surface area is 105 Å². The van der Waals surface area contributed by atoms with Gasteiger partial charge in [0.1, 0.15) is 5.38 Å². The highest BCUT2D eigenvalue weighted by molar-refractivity contribution is 6.32. The largest absolute Gasteiger partial charge is 0.416 e. The van der Waals surface area contributed by atoms with Crippen LogP contribution in [0.5, 0.6) is 0 Å². The van der Waals surface area contributed by atoms with Crippen molar-refractivity contribution in [2.75, 3.05) is 0 Å². The first-order chi connectivity index (χ1) is 7.71. The van der Waals surface area contributed by atoms with Crippen molar-refractivity contribution >= 4 is 29.1 Å². The number of rotatable bonds is 3. The number of carbonyl (C=O) groups excluding carboxylic acids is 1. The molecule has 7 heteroatoms. The molecule has 1 aromatic rings. The first-order valence-electron chi connectivity index (χ1n) is 4.51. The van der Waals surface area contributed by atoms with Gasteiger partial charge in [-0.2, -0.15) is 13.2 Å². The molecule has 17 heavy (non-hydrogen) atoms. The number of amides is 1. The number of halogens is 5. The monoisotopic (exact) mass is 285 g/mol. The molecule has 0 saturated heterocycles. The molecule has 0 heterocycles. The molecule has 0 radical (unpaired) electrons. The van der Waals surface area contributed by atoms with Crippen molar-refractivity contribution in [3.8, 4) is 0 Å². The van der Waals surface area contributed by atoms with Crippen LogP contribution in [-0.4, -0.2) is 11.3 Å². The van der Waals surface area contributed by atoms with Gasteiger partial charge in [-0.1, -0.05) is 17.7 Å². The van der Waals surface area contributed by atoms with E-state index in [1.807, 2.05) is 0 Å². The van der Waals surface area contributed by atoms with Gasteiger partial charge in [-0.3, -0.25) is 4.79 Å². The van der Waals surface area contributed by atoms with E-state index in [2.05, 4.69) is 0 Å². The zero-order chi connectivity index (χ0) is 13.2. The number of hydrogen-bond acceptors (Lipinski definition) is 1. The van der Waals surface area contributed by atoms with Crippen LogP contribution in [0.25, 0.3) is 0 Å². The Kier molecular flexibility index (Phi) is 4.27. The normalized spacial score (nSPS) is 13.5. The third kappa shape index (κ3) is 3.78. The highest BCUT2D eigenvalue weighted by Crippen LogP contribution is 2.32. The fourth-order valence-corrected chi connectivity index (χ4v) is 1.61. The summed E-state index contributed by atoms with van der Waals surface area (Å²) in [6, 6.07) is 2.86. The lowest BCUT2D eigenvalue weighted by atomic mass is 10.1. The molecule has 1 rings (SSSR count). The van der Waals surface area contributed by atoms with Crippen molar-refractivity contribution in [2.24, 2.45) is 5.73 Å². The lowest BCUT2D eigenvalue weighted by Gasteiger charge is -2.11. The Bertz CT molecular complexity index is 434. The molecule has 2 nitrogen and oxygen atoms in total. The quantitative estimate of drug-likeness (QED) is 0.853. The highest BCUT2D eigenvalue weighted by Gasteiger charge is 2.31. The Morgan fingerprint density at radius 3 is 2.41 bits per heavy atom. The number of hydrogen-bond donors (Lipinski definition) is 1. The Morgan fingerprint density at radius 2 is 2.00 bits per heavy atom. The van der Waals surface area contributed by atoms with E-state index in [4.69, 9.17) is 28.9 Å². The molecule has 0 aromatic heterocycles. The molecular formula is C10H8Cl2F3NO. The minimum atomic E-state index is -4.45. The summed E-state index contributed by atoms with van der Waals surface area (Å²) in [5.41, 5.74) is 4.43. The maximum absolute atomic E-state index is 12.3. The van der Waals surface area contributed by atoms with Crippen molar-refractivity contribution in [3.05, 3.63) is 34.3 Å². The second-order valence-electron chi connectivity index (χ2n) is 3.38. The van der Waals surface area contributed by atoms with Crippen molar-refractivity contribution in [2.45, 2.75) is 18.0 Å². The summed E-state index contributed by atoms with van der Waals surface area (Å²) in [4.78, 5) is 10.7. The maximum atomic E-state index is 12.3. The van der Waals surface area contributed by atoms with E-state index < -0.39 is 23.0 Å². The van der Waals surface area contributed by atoms with Crippen molar-refractivity contribution in [1.29, 1.82) is 0 Å². The molecule has 1 unspecified atom stereocenters. The van der Waals surface area contributed by atoms with E-state index in [1.165, 1.54) is 6.07 Å². The zero-order valence-corrected chi connectivity index (χ0v) is 9.90. The molecule has 1 atom stereocenters. The molecule has 0 aliphatic rings. The van der Waals surface area contributed by atoms with Crippen molar-refractivity contribution in [3.63, 3.8) is 0 Å². The number of nitrogens with two attached hydrogens (primary N) is 1. The van der Waals surface area contributed by atoms with Crippen LogP contribution in [0, 0.1) is 0 Å². The molecule has 0 aliphatic heterocycles. The molecule has 1 amide bonds. The van der Waals surface area contributed by atoms with Gasteiger partial charge in [-0.15, -0.1) is 11.6 Å². The van der Waals surface area contributed by atoms with Crippen LogP contribution < -0.4 is 5.73 Å². The second kappa shape index (κ2) is 5.14. The SMILES string of the molecule is NC(=O)C(Cl)Cc1ccc(C(F)(F)F)cc1Cl. The van der Waals surface area contributed by atoms with Crippen LogP contribution >= 0.6 is 23.2 Å². The summed E-state index contributed by atoms with van der Waals surface area (Å²) in [5, 5.41) is -1.09. The molecule has 94 valence electrons. The number of primary amides is 1. The minimum absolute atomic E-state index is 0.00609. The molecule has 1 aromatic carbocycles. The number of carbonyl (C=O) groups is 1. The third-order valence-corrected chi connectivity index (χ3v) is 2.81. The van der Waals surface area contributed by atoms with Gasteiger partial charge in [0, 0.05) is 5.02 Å². The maximum Gasteiger partial charge on any atom is 0.416 e. The van der Waals surface area contributed by atoms with Crippen LogP contribution in [0.1, 0.15) is 11.1 Å². The van der Waals surface area contributed by atoms with Gasteiger partial charge >= 0.3 is 6.18 Å². The van der Waals surface area contributed by atoms with Crippen LogP contribution in [0.4, 0.5) is 13.2 Å². The van der Waals surface area contributed by atoms with Crippen molar-refractivity contribution in [1.82, 2.24) is 0 Å². The third-order valence-electron chi connectivity index (χ3n) is 2.09. The Balaban J connectivity index is 2.95. The standard InChI is InChI=1S/C10H8Cl2F3NO/c11-7-4-6(10(13,14)15)2-1-5(7)3-8(12)9(16)17/h1-2,4,8H,3H2,(H2,16,17). The van der Waals surface area contributed by atoms with Gasteiger partial charge in [0.25, 0.3) is 0 Å². The van der Waals surface area contributed by atoms with E-state index in [1.54, 1.807) is 0 Å². The predicted molar refractivity (Wildman–Crippen MR) is 59.0 cm³/mol. The van der Waals surface area contributed by atoms with Crippen LogP contribution in [0.15, 0.2) is 18.2 Å². The summed E-state index contributed by atoms with van der Waals surface area (Å²) in [7, 11) is 0. The Morgan fingerprint density at radius 1 is 1.41 bits per heavy atom. The van der Waals surface area contributed by atoms with Gasteiger partial charge in [-0.25, -0.2) is 0 Å². The van der Waals surface area contributed by atoms with E-state index >= 15 is 0 Å². The number of alkyl halides is 4. The van der Waals surface area contributed by atoms with E-state index in [-0.39, 0.29) is 11.4 Å². The van der Waals surface area contributed by atoms with Gasteiger partial charge < -0.3 is 5.73 Å². The fourth-order valence-electron chi connectivity index (χ4n) is 1.18. The van der Waals surface area contributed by atoms with Gasteiger partial charge in [0.05, 0.1) is 5.56 Å². The summed E-state index contributed by atoms with van der Waals surface area (Å²) in [6.07, 6.45) is -4.46. The minimum Gasteiger partial charge on any atom is -0.368 e. The van der Waals surface area contributed by atoms with Crippen molar-refractivity contribution < 1.29 is 18.0 Å². The zero-order valence-electron chi connectivity index (χ0n) is 8.39. The molecule has 0 bridgehead atoms. The second-order valence-corrected chi connectivity index (χ2v) is 4.31. The topological polar surface area (TPSA) is 43.1 Å². The van der Waals surface area contributed by atoms with Crippen LogP contribution in [0.2, 0.25) is 5.02 Å². The fraction of sp³-hybridized carbons (Fsp3) is 0.300. The average molecular weight is 286 g/mol. The molecule has 0 saturated carbocycles. The van der Waals surface area contributed by atoms with Gasteiger partial charge in [0.15, 0.2) is 0 Å². The summed E-state index contributed by atoms with van der Waals surface area (Å²) >= 11 is 11.3. The van der Waals surface area contributed by atoms with Crippen LogP contribution in [0.3, 0.4) is 0 Å². The molecule has 0 aliphatic carbocycles. The first kappa shape index (κ1) is 14.1. The average Bonchev–Trinajstić information content (AvgIpc) is 2.19. The molecule has 2 N–H and O–H groups in total. The van der Waals surface area contributed by atoms with Gasteiger partial charge in [-0.05, 0) is 24.1 Å². The summed E-state index contributed by atoms with van der Waals surface area (Å²) < 4.78 is 37.0. The molecular weight excluding hydrogens is 278 g/mol. The summed E-state index contributed by atoms with van der Waals surface area (Å²) in [6.45, 7) is 0. The lowest BCUT2D eigenvalue weighted by molar-refractivity contribution is -0.137. The van der Waals surface area contributed by atoms with E-state index in [9.17, 15) is 18.0 Å². The summed E-state index contributed by atoms with van der Waals surface area (Å²) in [5.74, 6) is -0.748. The van der Waals surface area contributed by atoms with Crippen LogP contribution in [-0.2, 0) is 17.4 Å².